The van der Waals surface area contributed by atoms with Gasteiger partial charge in [0, 0.05) is 43.8 Å². The van der Waals surface area contributed by atoms with Crippen molar-refractivity contribution in [2.24, 2.45) is 5.73 Å². The molecule has 2 rings (SSSR count). The van der Waals surface area contributed by atoms with Crippen molar-refractivity contribution in [3.63, 3.8) is 0 Å². The molecule has 1 amide bonds. The molecule has 1 saturated heterocycles. The Labute approximate surface area is 149 Å². The smallest absolute Gasteiger partial charge is 0.410 e. The molecular formula is C18H28ClN3O2. The van der Waals surface area contributed by atoms with Gasteiger partial charge in [0.1, 0.15) is 5.60 Å². The molecule has 5 nitrogen and oxygen atoms in total. The normalized spacial score (nSPS) is 17.6. The standard InChI is InChI=1S/C18H28ClN3O2/c1-18(2,3)24-17(23)22-12-10-21(11-13-22)9-8-16(20)14-4-6-15(19)7-5-14/h4-7,16H,8-13,20H2,1-3H3/t16-/m0/s1. The predicted octanol–water partition coefficient (Wildman–Crippen LogP) is 3.28. The molecule has 1 aliphatic heterocycles. The van der Waals surface area contributed by atoms with Crippen LogP contribution in [0.5, 0.6) is 0 Å². The summed E-state index contributed by atoms with van der Waals surface area (Å²) < 4.78 is 5.42. The molecule has 0 aromatic heterocycles. The number of ether oxygens (including phenoxy) is 1. The Morgan fingerprint density at radius 2 is 1.79 bits per heavy atom. The minimum Gasteiger partial charge on any atom is -0.444 e. The molecule has 2 N–H and O–H groups in total. The molecular weight excluding hydrogens is 326 g/mol. The highest BCUT2D eigenvalue weighted by Crippen LogP contribution is 2.18. The number of carbonyl (C=O) groups excluding carboxylic acids is 1. The number of benzene rings is 1. The highest BCUT2D eigenvalue weighted by Gasteiger charge is 2.25. The Bertz CT molecular complexity index is 534. The number of rotatable bonds is 4. The summed E-state index contributed by atoms with van der Waals surface area (Å²) in [5.41, 5.74) is 6.91. The van der Waals surface area contributed by atoms with Gasteiger partial charge < -0.3 is 15.4 Å². The molecule has 1 heterocycles. The van der Waals surface area contributed by atoms with E-state index in [9.17, 15) is 4.79 Å². The summed E-state index contributed by atoms with van der Waals surface area (Å²) in [6.07, 6.45) is 0.661. The van der Waals surface area contributed by atoms with Gasteiger partial charge >= 0.3 is 6.09 Å². The molecule has 134 valence electrons. The number of nitrogens with zero attached hydrogens (tertiary/aromatic N) is 2. The molecule has 1 aromatic carbocycles. The lowest BCUT2D eigenvalue weighted by Gasteiger charge is -2.35. The van der Waals surface area contributed by atoms with E-state index < -0.39 is 5.60 Å². The van der Waals surface area contributed by atoms with Crippen LogP contribution in [0.3, 0.4) is 0 Å². The van der Waals surface area contributed by atoms with E-state index in [-0.39, 0.29) is 12.1 Å². The first kappa shape index (κ1) is 19.0. The third-order valence-electron chi connectivity index (χ3n) is 4.08. The van der Waals surface area contributed by atoms with E-state index in [4.69, 9.17) is 22.1 Å². The van der Waals surface area contributed by atoms with E-state index in [1.54, 1.807) is 4.90 Å². The number of hydrogen-bond acceptors (Lipinski definition) is 4. The van der Waals surface area contributed by atoms with Gasteiger partial charge in [-0.2, -0.15) is 0 Å². The summed E-state index contributed by atoms with van der Waals surface area (Å²) >= 11 is 5.90. The van der Waals surface area contributed by atoms with Crippen LogP contribution in [0, 0.1) is 0 Å². The number of amides is 1. The number of nitrogens with two attached hydrogens (primary N) is 1. The zero-order chi connectivity index (χ0) is 17.7. The van der Waals surface area contributed by atoms with Crippen molar-refractivity contribution >= 4 is 17.7 Å². The number of piperazine rings is 1. The Hall–Kier alpha value is -1.30. The SMILES string of the molecule is CC(C)(C)OC(=O)N1CCN(CC[C@H](N)c2ccc(Cl)cc2)CC1. The van der Waals surface area contributed by atoms with E-state index in [1.165, 1.54) is 0 Å². The monoisotopic (exact) mass is 353 g/mol. The fourth-order valence-corrected chi connectivity index (χ4v) is 2.80. The highest BCUT2D eigenvalue weighted by molar-refractivity contribution is 6.30. The highest BCUT2D eigenvalue weighted by atomic mass is 35.5. The van der Waals surface area contributed by atoms with E-state index >= 15 is 0 Å². The summed E-state index contributed by atoms with van der Waals surface area (Å²) in [6, 6.07) is 7.71. The van der Waals surface area contributed by atoms with Gasteiger partial charge in [-0.25, -0.2) is 4.79 Å². The summed E-state index contributed by atoms with van der Waals surface area (Å²) in [5, 5.41) is 0.726. The van der Waals surface area contributed by atoms with Crippen molar-refractivity contribution in [3.05, 3.63) is 34.9 Å². The molecule has 1 aromatic rings. The first-order valence-electron chi connectivity index (χ1n) is 8.46. The van der Waals surface area contributed by atoms with Crippen molar-refractivity contribution in [1.82, 2.24) is 9.80 Å². The van der Waals surface area contributed by atoms with Gasteiger partial charge in [-0.1, -0.05) is 23.7 Å². The van der Waals surface area contributed by atoms with Crippen LogP contribution in [0.1, 0.15) is 38.8 Å². The molecule has 1 aliphatic rings. The second-order valence-corrected chi connectivity index (χ2v) is 7.69. The molecule has 0 bridgehead atoms. The molecule has 1 fully saturated rings. The first-order chi connectivity index (χ1) is 11.2. The Morgan fingerprint density at radius 3 is 2.33 bits per heavy atom. The van der Waals surface area contributed by atoms with Crippen molar-refractivity contribution in [1.29, 1.82) is 0 Å². The topological polar surface area (TPSA) is 58.8 Å². The molecule has 0 spiro atoms. The lowest BCUT2D eigenvalue weighted by molar-refractivity contribution is 0.0143. The number of halogens is 1. The van der Waals surface area contributed by atoms with Gasteiger partial charge in [-0.3, -0.25) is 4.90 Å². The van der Waals surface area contributed by atoms with Crippen molar-refractivity contribution in [3.8, 4) is 0 Å². The molecule has 0 radical (unpaired) electrons. The zero-order valence-electron chi connectivity index (χ0n) is 14.8. The largest absolute Gasteiger partial charge is 0.444 e. The van der Waals surface area contributed by atoms with E-state index in [0.717, 1.165) is 36.6 Å². The predicted molar refractivity (Wildman–Crippen MR) is 97.2 cm³/mol. The summed E-state index contributed by atoms with van der Waals surface area (Å²) in [6.45, 7) is 9.69. The molecule has 6 heteroatoms. The molecule has 24 heavy (non-hydrogen) atoms. The zero-order valence-corrected chi connectivity index (χ0v) is 15.6. The second kappa shape index (κ2) is 8.19. The summed E-state index contributed by atoms with van der Waals surface area (Å²) in [4.78, 5) is 16.2. The van der Waals surface area contributed by atoms with Crippen LogP contribution < -0.4 is 5.73 Å². The Morgan fingerprint density at radius 1 is 1.21 bits per heavy atom. The average Bonchev–Trinajstić information content (AvgIpc) is 2.52. The van der Waals surface area contributed by atoms with Gasteiger partial charge in [0.2, 0.25) is 0 Å². The molecule has 0 aliphatic carbocycles. The fraction of sp³-hybridized carbons (Fsp3) is 0.611. The first-order valence-corrected chi connectivity index (χ1v) is 8.84. The van der Waals surface area contributed by atoms with Crippen molar-refractivity contribution < 1.29 is 9.53 Å². The minimum absolute atomic E-state index is 0.00570. The second-order valence-electron chi connectivity index (χ2n) is 7.26. The van der Waals surface area contributed by atoms with Crippen molar-refractivity contribution in [2.45, 2.75) is 38.8 Å². The van der Waals surface area contributed by atoms with Crippen LogP contribution in [-0.2, 0) is 4.74 Å². The summed E-state index contributed by atoms with van der Waals surface area (Å²) in [5.74, 6) is 0. The quantitative estimate of drug-likeness (QED) is 0.902. The third-order valence-corrected chi connectivity index (χ3v) is 4.33. The van der Waals surface area contributed by atoms with Crippen molar-refractivity contribution in [2.75, 3.05) is 32.7 Å². The molecule has 0 saturated carbocycles. The number of carbonyl (C=O) groups is 1. The minimum atomic E-state index is -0.445. The molecule has 1 atom stereocenters. The van der Waals surface area contributed by atoms with E-state index in [0.29, 0.717) is 13.1 Å². The van der Waals surface area contributed by atoms with Crippen LogP contribution in [0.15, 0.2) is 24.3 Å². The average molecular weight is 354 g/mol. The lowest BCUT2D eigenvalue weighted by atomic mass is 10.0. The Balaban J connectivity index is 1.73. The van der Waals surface area contributed by atoms with Gasteiger partial charge in [0.15, 0.2) is 0 Å². The van der Waals surface area contributed by atoms with Crippen LogP contribution in [0.4, 0.5) is 4.79 Å². The number of hydrogen-bond donors (Lipinski definition) is 1. The van der Waals surface area contributed by atoms with E-state index in [2.05, 4.69) is 4.90 Å². The van der Waals surface area contributed by atoms with E-state index in [1.807, 2.05) is 45.0 Å². The van der Waals surface area contributed by atoms with Crippen LogP contribution >= 0.6 is 11.6 Å². The van der Waals surface area contributed by atoms with Crippen LogP contribution in [0.25, 0.3) is 0 Å². The maximum Gasteiger partial charge on any atom is 0.410 e. The maximum atomic E-state index is 12.1. The van der Waals surface area contributed by atoms with Crippen LogP contribution in [-0.4, -0.2) is 54.2 Å². The van der Waals surface area contributed by atoms with Gasteiger partial charge in [-0.15, -0.1) is 0 Å². The summed E-state index contributed by atoms with van der Waals surface area (Å²) in [7, 11) is 0. The van der Waals surface area contributed by atoms with Gasteiger partial charge in [0.25, 0.3) is 0 Å². The lowest BCUT2D eigenvalue weighted by Crippen LogP contribution is -2.50. The third kappa shape index (κ3) is 5.96. The Kier molecular flexibility index (Phi) is 6.49. The van der Waals surface area contributed by atoms with Crippen LogP contribution in [0.2, 0.25) is 5.02 Å². The maximum absolute atomic E-state index is 12.1. The van der Waals surface area contributed by atoms with Gasteiger partial charge in [0.05, 0.1) is 0 Å². The molecule has 0 unspecified atom stereocenters. The fourth-order valence-electron chi connectivity index (χ4n) is 2.68. The van der Waals surface area contributed by atoms with Gasteiger partial charge in [-0.05, 0) is 44.9 Å².